The summed E-state index contributed by atoms with van der Waals surface area (Å²) in [7, 11) is 0. The van der Waals surface area contributed by atoms with Crippen molar-refractivity contribution in [3.05, 3.63) is 22.7 Å². The molecule has 0 bridgehead atoms. The molecule has 1 aliphatic rings. The first-order valence-corrected chi connectivity index (χ1v) is 5.42. The average molecular weight is 271 g/mol. The number of benzene rings is 1. The largest absolute Gasteiger partial charge is 0.391 e. The first-order chi connectivity index (χ1) is 7.08. The highest BCUT2D eigenvalue weighted by Crippen LogP contribution is 2.30. The van der Waals surface area contributed by atoms with Crippen LogP contribution in [-0.2, 0) is 4.79 Å². The number of amides is 1. The number of halogens is 1. The number of nitrogens with one attached hydrogen (secondary N) is 2. The Morgan fingerprint density at radius 2 is 2.20 bits per heavy atom. The fourth-order valence-corrected chi connectivity index (χ4v) is 1.89. The zero-order valence-corrected chi connectivity index (χ0v) is 9.71. The van der Waals surface area contributed by atoms with Crippen LogP contribution in [0.1, 0.15) is 6.92 Å². The van der Waals surface area contributed by atoms with Gasteiger partial charge in [-0.1, -0.05) is 15.9 Å². The van der Waals surface area contributed by atoms with E-state index in [0.717, 1.165) is 15.8 Å². The summed E-state index contributed by atoms with van der Waals surface area (Å²) >= 11 is 3.33. The van der Waals surface area contributed by atoms with Gasteiger partial charge in [0.15, 0.2) is 0 Å². The number of hydrogen-bond donors (Lipinski definition) is 3. The van der Waals surface area contributed by atoms with Crippen molar-refractivity contribution in [2.45, 2.75) is 19.1 Å². The van der Waals surface area contributed by atoms with Crippen LogP contribution in [0.5, 0.6) is 0 Å². The molecule has 0 aliphatic carbocycles. The maximum Gasteiger partial charge on any atom is 0.249 e. The molecule has 1 aromatic rings. The molecule has 0 saturated heterocycles. The third-order valence-corrected chi connectivity index (χ3v) is 2.81. The van der Waals surface area contributed by atoms with Gasteiger partial charge in [0.2, 0.25) is 5.91 Å². The van der Waals surface area contributed by atoms with Crippen LogP contribution in [0, 0.1) is 0 Å². The molecule has 1 aliphatic heterocycles. The first-order valence-electron chi connectivity index (χ1n) is 4.63. The Hall–Kier alpha value is -1.07. The summed E-state index contributed by atoms with van der Waals surface area (Å²) in [6.07, 6.45) is -0.721. The monoisotopic (exact) mass is 270 g/mol. The highest BCUT2D eigenvalue weighted by Gasteiger charge is 2.28. The summed E-state index contributed by atoms with van der Waals surface area (Å²) in [4.78, 5) is 11.6. The van der Waals surface area contributed by atoms with Gasteiger partial charge in [-0.25, -0.2) is 0 Å². The predicted molar refractivity (Wildman–Crippen MR) is 61.9 cm³/mol. The van der Waals surface area contributed by atoms with Crippen molar-refractivity contribution in [1.82, 2.24) is 0 Å². The molecule has 1 heterocycles. The summed E-state index contributed by atoms with van der Waals surface area (Å²) in [6, 6.07) is 4.97. The van der Waals surface area contributed by atoms with Crippen LogP contribution >= 0.6 is 15.9 Å². The second-order valence-electron chi connectivity index (χ2n) is 3.54. The molecule has 3 N–H and O–H groups in total. The van der Waals surface area contributed by atoms with Gasteiger partial charge in [0, 0.05) is 4.47 Å². The van der Waals surface area contributed by atoms with E-state index < -0.39 is 12.1 Å². The minimum atomic E-state index is -0.721. The van der Waals surface area contributed by atoms with Crippen LogP contribution in [0.4, 0.5) is 11.4 Å². The molecular formula is C10H11BrN2O2. The molecular weight excluding hydrogens is 260 g/mol. The maximum absolute atomic E-state index is 11.6. The van der Waals surface area contributed by atoms with E-state index in [1.807, 2.05) is 18.2 Å². The number of anilines is 2. The number of carbonyl (C=O) groups is 1. The lowest BCUT2D eigenvalue weighted by molar-refractivity contribution is -0.118. The third-order valence-electron chi connectivity index (χ3n) is 2.32. The quantitative estimate of drug-likeness (QED) is 0.726. The molecule has 0 spiro atoms. The Kier molecular flexibility index (Phi) is 2.67. The first kappa shape index (κ1) is 10.4. The predicted octanol–water partition coefficient (Wildman–Crippen LogP) is 1.56. The van der Waals surface area contributed by atoms with Gasteiger partial charge in [-0.2, -0.15) is 0 Å². The molecule has 0 fully saturated rings. The van der Waals surface area contributed by atoms with Crippen LogP contribution < -0.4 is 10.6 Å². The van der Waals surface area contributed by atoms with Gasteiger partial charge < -0.3 is 15.7 Å². The number of rotatable bonds is 1. The van der Waals surface area contributed by atoms with E-state index in [9.17, 15) is 9.90 Å². The molecule has 0 aromatic heterocycles. The fraction of sp³-hybridized carbons (Fsp3) is 0.300. The van der Waals surface area contributed by atoms with Gasteiger partial charge in [-0.15, -0.1) is 0 Å². The molecule has 4 nitrogen and oxygen atoms in total. The summed E-state index contributed by atoms with van der Waals surface area (Å²) in [6.45, 7) is 1.58. The fourth-order valence-electron chi connectivity index (χ4n) is 1.53. The van der Waals surface area contributed by atoms with Crippen LogP contribution in [-0.4, -0.2) is 23.2 Å². The third kappa shape index (κ3) is 1.98. The van der Waals surface area contributed by atoms with Crippen molar-refractivity contribution in [2.24, 2.45) is 0 Å². The van der Waals surface area contributed by atoms with Crippen LogP contribution in [0.2, 0.25) is 0 Å². The van der Waals surface area contributed by atoms with Crippen molar-refractivity contribution in [3.8, 4) is 0 Å². The van der Waals surface area contributed by atoms with Crippen LogP contribution in [0.3, 0.4) is 0 Å². The van der Waals surface area contributed by atoms with Gasteiger partial charge in [-0.3, -0.25) is 4.79 Å². The van der Waals surface area contributed by atoms with Crippen molar-refractivity contribution >= 4 is 33.2 Å². The molecule has 0 saturated carbocycles. The van der Waals surface area contributed by atoms with E-state index in [0.29, 0.717) is 0 Å². The molecule has 1 aromatic carbocycles. The van der Waals surface area contributed by atoms with Crippen molar-refractivity contribution in [2.75, 3.05) is 10.6 Å². The SMILES string of the molecule is CC(O)C1Nc2ccc(Br)cc2NC1=O. The minimum Gasteiger partial charge on any atom is -0.391 e. The zero-order valence-electron chi connectivity index (χ0n) is 8.12. The highest BCUT2D eigenvalue weighted by molar-refractivity contribution is 9.10. The molecule has 2 unspecified atom stereocenters. The van der Waals surface area contributed by atoms with E-state index >= 15 is 0 Å². The number of hydrogen-bond acceptors (Lipinski definition) is 3. The normalized spacial score (nSPS) is 21.3. The highest BCUT2D eigenvalue weighted by atomic mass is 79.9. The molecule has 2 rings (SSSR count). The van der Waals surface area contributed by atoms with Crippen LogP contribution in [0.25, 0.3) is 0 Å². The van der Waals surface area contributed by atoms with Gasteiger partial charge in [0.05, 0.1) is 17.5 Å². The van der Waals surface area contributed by atoms with Crippen LogP contribution in [0.15, 0.2) is 22.7 Å². The van der Waals surface area contributed by atoms with E-state index in [2.05, 4.69) is 26.6 Å². The summed E-state index contributed by atoms with van der Waals surface area (Å²) < 4.78 is 0.902. The molecule has 80 valence electrons. The van der Waals surface area contributed by atoms with Gasteiger partial charge >= 0.3 is 0 Å². The average Bonchev–Trinajstić information content (AvgIpc) is 2.15. The van der Waals surface area contributed by atoms with Gasteiger partial charge in [0.1, 0.15) is 6.04 Å². The van der Waals surface area contributed by atoms with E-state index in [-0.39, 0.29) is 5.91 Å². The summed E-state index contributed by atoms with van der Waals surface area (Å²) in [5, 5.41) is 15.1. The summed E-state index contributed by atoms with van der Waals surface area (Å²) in [5.41, 5.74) is 1.55. The smallest absolute Gasteiger partial charge is 0.249 e. The van der Waals surface area contributed by atoms with Crippen molar-refractivity contribution < 1.29 is 9.90 Å². The number of aliphatic hydroxyl groups excluding tert-OH is 1. The lowest BCUT2D eigenvalue weighted by Crippen LogP contribution is -2.45. The Labute approximate surface area is 95.8 Å². The summed E-state index contributed by atoms with van der Waals surface area (Å²) in [5.74, 6) is -0.212. The Bertz CT molecular complexity index is 406. The van der Waals surface area contributed by atoms with Gasteiger partial charge in [-0.05, 0) is 25.1 Å². The maximum atomic E-state index is 11.6. The molecule has 5 heteroatoms. The lowest BCUT2D eigenvalue weighted by Gasteiger charge is -2.28. The van der Waals surface area contributed by atoms with E-state index in [4.69, 9.17) is 0 Å². The second kappa shape index (κ2) is 3.83. The van der Waals surface area contributed by atoms with E-state index in [1.165, 1.54) is 0 Å². The Morgan fingerprint density at radius 3 is 2.87 bits per heavy atom. The molecule has 1 amide bonds. The zero-order chi connectivity index (χ0) is 11.0. The van der Waals surface area contributed by atoms with E-state index in [1.54, 1.807) is 6.92 Å². The number of carbonyl (C=O) groups excluding carboxylic acids is 1. The Balaban J connectivity index is 2.34. The number of fused-ring (bicyclic) bond motifs is 1. The molecule has 15 heavy (non-hydrogen) atoms. The van der Waals surface area contributed by atoms with Crippen molar-refractivity contribution in [1.29, 1.82) is 0 Å². The Morgan fingerprint density at radius 1 is 1.47 bits per heavy atom. The number of aliphatic hydroxyl groups is 1. The van der Waals surface area contributed by atoms with Crippen molar-refractivity contribution in [3.63, 3.8) is 0 Å². The lowest BCUT2D eigenvalue weighted by atomic mass is 10.1. The topological polar surface area (TPSA) is 61.4 Å². The standard InChI is InChI=1S/C10H11BrN2O2/c1-5(14)9-10(15)13-8-4-6(11)2-3-7(8)12-9/h2-5,9,12,14H,1H3,(H,13,15). The molecule has 0 radical (unpaired) electrons. The second-order valence-corrected chi connectivity index (χ2v) is 4.46. The molecule has 2 atom stereocenters. The van der Waals surface area contributed by atoms with Gasteiger partial charge in [0.25, 0.3) is 0 Å². The minimum absolute atomic E-state index is 0.212.